The SMILES string of the molecule is CCSCC(=O)N1CCCN(c2ncccn2)CC1. The normalized spacial score (nSPS) is 16.3. The third kappa shape index (κ3) is 4.09. The van der Waals surface area contributed by atoms with E-state index in [1.807, 2.05) is 11.0 Å². The number of thioether (sulfide) groups is 1. The molecule has 0 N–H and O–H groups in total. The number of amides is 1. The van der Waals surface area contributed by atoms with Gasteiger partial charge in [0.1, 0.15) is 0 Å². The fourth-order valence-corrected chi connectivity index (χ4v) is 2.66. The van der Waals surface area contributed by atoms with Gasteiger partial charge in [0.15, 0.2) is 0 Å². The van der Waals surface area contributed by atoms with E-state index in [-0.39, 0.29) is 5.91 Å². The van der Waals surface area contributed by atoms with Crippen molar-refractivity contribution in [2.75, 3.05) is 42.6 Å². The fourth-order valence-electron chi connectivity index (χ4n) is 2.10. The van der Waals surface area contributed by atoms with E-state index in [1.54, 1.807) is 24.2 Å². The minimum Gasteiger partial charge on any atom is -0.340 e. The summed E-state index contributed by atoms with van der Waals surface area (Å²) in [6.45, 7) is 5.41. The average Bonchev–Trinajstić information content (AvgIpc) is 2.71. The Bertz CT molecular complexity index is 401. The van der Waals surface area contributed by atoms with E-state index in [0.29, 0.717) is 5.75 Å². The molecule has 1 saturated heterocycles. The highest BCUT2D eigenvalue weighted by atomic mass is 32.2. The molecule has 1 amide bonds. The molecule has 5 nitrogen and oxygen atoms in total. The van der Waals surface area contributed by atoms with E-state index in [1.165, 1.54) is 0 Å². The van der Waals surface area contributed by atoms with Gasteiger partial charge in [-0.2, -0.15) is 11.8 Å². The topological polar surface area (TPSA) is 49.3 Å². The van der Waals surface area contributed by atoms with Gasteiger partial charge in [-0.3, -0.25) is 4.79 Å². The molecule has 0 aromatic carbocycles. The molecule has 0 spiro atoms. The molecule has 6 heteroatoms. The predicted molar refractivity (Wildman–Crippen MR) is 78.4 cm³/mol. The number of hydrogen-bond donors (Lipinski definition) is 0. The predicted octanol–water partition coefficient (Wildman–Crippen LogP) is 1.27. The van der Waals surface area contributed by atoms with Gasteiger partial charge < -0.3 is 9.80 Å². The molecule has 0 aliphatic carbocycles. The minimum atomic E-state index is 0.252. The van der Waals surface area contributed by atoms with Crippen LogP contribution in [0.2, 0.25) is 0 Å². The van der Waals surface area contributed by atoms with Crippen LogP contribution in [0.4, 0.5) is 5.95 Å². The van der Waals surface area contributed by atoms with Crippen LogP contribution >= 0.6 is 11.8 Å². The summed E-state index contributed by atoms with van der Waals surface area (Å²) in [6.07, 6.45) is 4.49. The lowest BCUT2D eigenvalue weighted by molar-refractivity contribution is -0.128. The van der Waals surface area contributed by atoms with Gasteiger partial charge in [-0.1, -0.05) is 6.92 Å². The molecule has 0 unspecified atom stereocenters. The molecule has 1 aromatic heterocycles. The number of rotatable bonds is 4. The van der Waals surface area contributed by atoms with Gasteiger partial charge in [-0.25, -0.2) is 9.97 Å². The Hall–Kier alpha value is -1.30. The number of nitrogens with zero attached hydrogens (tertiary/aromatic N) is 4. The van der Waals surface area contributed by atoms with Crippen molar-refractivity contribution in [2.45, 2.75) is 13.3 Å². The Kier molecular flexibility index (Phi) is 5.44. The standard InChI is InChI=1S/C13H20N4OS/c1-2-19-11-12(18)16-7-4-8-17(10-9-16)13-14-5-3-6-15-13/h3,5-6H,2,4,7-11H2,1H3. The Morgan fingerprint density at radius 2 is 2.05 bits per heavy atom. The zero-order valence-corrected chi connectivity index (χ0v) is 12.1. The summed E-state index contributed by atoms with van der Waals surface area (Å²) in [5, 5.41) is 0. The van der Waals surface area contributed by atoms with Gasteiger partial charge in [0.2, 0.25) is 11.9 Å². The summed E-state index contributed by atoms with van der Waals surface area (Å²) in [4.78, 5) is 24.7. The second kappa shape index (κ2) is 7.33. The summed E-state index contributed by atoms with van der Waals surface area (Å²) < 4.78 is 0. The molecule has 104 valence electrons. The lowest BCUT2D eigenvalue weighted by Gasteiger charge is -2.21. The molecule has 0 radical (unpaired) electrons. The van der Waals surface area contributed by atoms with Crippen LogP contribution in [-0.4, -0.2) is 58.5 Å². The molecular formula is C13H20N4OS. The molecule has 1 aliphatic rings. The van der Waals surface area contributed by atoms with Crippen molar-refractivity contribution in [3.05, 3.63) is 18.5 Å². The number of anilines is 1. The quantitative estimate of drug-likeness (QED) is 0.831. The summed E-state index contributed by atoms with van der Waals surface area (Å²) in [5.41, 5.74) is 0. The van der Waals surface area contributed by atoms with E-state index in [0.717, 1.165) is 44.3 Å². The van der Waals surface area contributed by atoms with E-state index in [9.17, 15) is 4.79 Å². The van der Waals surface area contributed by atoms with Gasteiger partial charge in [0.25, 0.3) is 0 Å². The van der Waals surface area contributed by atoms with E-state index in [2.05, 4.69) is 21.8 Å². The summed E-state index contributed by atoms with van der Waals surface area (Å²) in [6, 6.07) is 1.82. The molecule has 0 atom stereocenters. The highest BCUT2D eigenvalue weighted by Gasteiger charge is 2.19. The van der Waals surface area contributed by atoms with Gasteiger partial charge in [-0.15, -0.1) is 0 Å². The minimum absolute atomic E-state index is 0.252. The molecule has 0 bridgehead atoms. The van der Waals surface area contributed by atoms with Crippen LogP contribution in [0.3, 0.4) is 0 Å². The molecule has 2 rings (SSSR count). The number of aromatic nitrogens is 2. The first-order valence-electron chi connectivity index (χ1n) is 6.68. The number of carbonyl (C=O) groups excluding carboxylic acids is 1. The first kappa shape index (κ1) is 14.1. The highest BCUT2D eigenvalue weighted by molar-refractivity contribution is 7.99. The van der Waals surface area contributed by atoms with Crippen molar-refractivity contribution in [1.29, 1.82) is 0 Å². The Morgan fingerprint density at radius 1 is 1.26 bits per heavy atom. The lowest BCUT2D eigenvalue weighted by Crippen LogP contribution is -2.36. The average molecular weight is 280 g/mol. The second-order valence-corrected chi connectivity index (χ2v) is 5.68. The monoisotopic (exact) mass is 280 g/mol. The van der Waals surface area contributed by atoms with Crippen LogP contribution in [0.5, 0.6) is 0 Å². The lowest BCUT2D eigenvalue weighted by atomic mass is 10.4. The number of carbonyl (C=O) groups is 1. The van der Waals surface area contributed by atoms with Crippen LogP contribution in [0.1, 0.15) is 13.3 Å². The molecule has 1 fully saturated rings. The molecule has 2 heterocycles. The maximum atomic E-state index is 12.0. The van der Waals surface area contributed by atoms with Crippen molar-refractivity contribution in [3.63, 3.8) is 0 Å². The summed E-state index contributed by atoms with van der Waals surface area (Å²) in [7, 11) is 0. The van der Waals surface area contributed by atoms with Crippen molar-refractivity contribution in [3.8, 4) is 0 Å². The smallest absolute Gasteiger partial charge is 0.232 e. The zero-order chi connectivity index (χ0) is 13.5. The Morgan fingerprint density at radius 3 is 2.79 bits per heavy atom. The van der Waals surface area contributed by atoms with Crippen LogP contribution in [-0.2, 0) is 4.79 Å². The molecule has 1 aromatic rings. The van der Waals surface area contributed by atoms with Gasteiger partial charge in [0, 0.05) is 38.6 Å². The summed E-state index contributed by atoms with van der Waals surface area (Å²) in [5.74, 6) is 2.60. The van der Waals surface area contributed by atoms with E-state index < -0.39 is 0 Å². The Balaban J connectivity index is 1.89. The van der Waals surface area contributed by atoms with Gasteiger partial charge >= 0.3 is 0 Å². The highest BCUT2D eigenvalue weighted by Crippen LogP contribution is 2.11. The number of hydrogen-bond acceptors (Lipinski definition) is 5. The molecule has 0 saturated carbocycles. The van der Waals surface area contributed by atoms with Crippen LogP contribution in [0.15, 0.2) is 18.5 Å². The Labute approximate surface area is 118 Å². The van der Waals surface area contributed by atoms with Crippen molar-refractivity contribution < 1.29 is 4.79 Å². The van der Waals surface area contributed by atoms with Gasteiger partial charge in [0.05, 0.1) is 5.75 Å². The molecular weight excluding hydrogens is 260 g/mol. The van der Waals surface area contributed by atoms with Crippen LogP contribution in [0, 0.1) is 0 Å². The first-order chi connectivity index (χ1) is 9.31. The largest absolute Gasteiger partial charge is 0.340 e. The zero-order valence-electron chi connectivity index (χ0n) is 11.3. The molecule has 1 aliphatic heterocycles. The molecule has 19 heavy (non-hydrogen) atoms. The van der Waals surface area contributed by atoms with Crippen molar-refractivity contribution >= 4 is 23.6 Å². The third-order valence-electron chi connectivity index (χ3n) is 3.11. The van der Waals surface area contributed by atoms with Crippen molar-refractivity contribution in [1.82, 2.24) is 14.9 Å². The first-order valence-corrected chi connectivity index (χ1v) is 7.84. The maximum Gasteiger partial charge on any atom is 0.232 e. The third-order valence-corrected chi connectivity index (χ3v) is 3.97. The van der Waals surface area contributed by atoms with E-state index in [4.69, 9.17) is 0 Å². The summed E-state index contributed by atoms with van der Waals surface area (Å²) >= 11 is 1.68. The second-order valence-electron chi connectivity index (χ2n) is 4.41. The van der Waals surface area contributed by atoms with Gasteiger partial charge in [-0.05, 0) is 18.2 Å². The van der Waals surface area contributed by atoms with Crippen LogP contribution in [0.25, 0.3) is 0 Å². The van der Waals surface area contributed by atoms with E-state index >= 15 is 0 Å². The fraction of sp³-hybridized carbons (Fsp3) is 0.615. The van der Waals surface area contributed by atoms with Crippen LogP contribution < -0.4 is 4.90 Å². The maximum absolute atomic E-state index is 12.0. The van der Waals surface area contributed by atoms with Crippen molar-refractivity contribution in [2.24, 2.45) is 0 Å².